The van der Waals surface area contributed by atoms with Gasteiger partial charge < -0.3 is 9.84 Å². The summed E-state index contributed by atoms with van der Waals surface area (Å²) in [6.45, 7) is 2.38. The molecular weight excluding hydrogens is 255 g/mol. The lowest BCUT2D eigenvalue weighted by atomic mass is 10.0. The highest BCUT2D eigenvalue weighted by Crippen LogP contribution is 2.26. The molecule has 0 fully saturated rings. The smallest absolute Gasteiger partial charge is 0.129 e. The van der Waals surface area contributed by atoms with Gasteiger partial charge in [-0.25, -0.2) is 4.39 Å². The van der Waals surface area contributed by atoms with Crippen molar-refractivity contribution in [3.05, 3.63) is 65.5 Å². The molecule has 0 bridgehead atoms. The Morgan fingerprint density at radius 2 is 1.90 bits per heavy atom. The molecular formula is C17H19FO2. The van der Waals surface area contributed by atoms with Crippen molar-refractivity contribution in [1.82, 2.24) is 0 Å². The average molecular weight is 274 g/mol. The molecule has 0 spiro atoms. The number of hydrogen-bond donors (Lipinski definition) is 1. The number of ether oxygens (including phenoxy) is 1. The SMILES string of the molecule is CCCC(O)c1cc(OCc2ccccc2)ccc1F. The average Bonchev–Trinajstić information content (AvgIpc) is 2.47. The van der Waals surface area contributed by atoms with E-state index in [1.165, 1.54) is 6.07 Å². The van der Waals surface area contributed by atoms with E-state index in [4.69, 9.17) is 4.74 Å². The molecule has 106 valence electrons. The molecule has 2 nitrogen and oxygen atoms in total. The number of benzene rings is 2. The maximum Gasteiger partial charge on any atom is 0.129 e. The van der Waals surface area contributed by atoms with E-state index in [1.54, 1.807) is 12.1 Å². The van der Waals surface area contributed by atoms with Gasteiger partial charge in [0.25, 0.3) is 0 Å². The molecule has 2 rings (SSSR count). The normalized spacial score (nSPS) is 12.2. The Kier molecular flexibility index (Phi) is 5.13. The summed E-state index contributed by atoms with van der Waals surface area (Å²) in [6, 6.07) is 14.3. The molecule has 0 saturated carbocycles. The van der Waals surface area contributed by atoms with Gasteiger partial charge in [0, 0.05) is 5.56 Å². The van der Waals surface area contributed by atoms with Gasteiger partial charge in [-0.3, -0.25) is 0 Å². The van der Waals surface area contributed by atoms with E-state index < -0.39 is 11.9 Å². The van der Waals surface area contributed by atoms with Crippen molar-refractivity contribution < 1.29 is 14.2 Å². The van der Waals surface area contributed by atoms with Crippen LogP contribution in [0.15, 0.2) is 48.5 Å². The van der Waals surface area contributed by atoms with E-state index in [9.17, 15) is 9.50 Å². The van der Waals surface area contributed by atoms with Crippen LogP contribution in [0.3, 0.4) is 0 Å². The van der Waals surface area contributed by atoms with Gasteiger partial charge in [-0.15, -0.1) is 0 Å². The number of rotatable bonds is 6. The molecule has 0 aliphatic rings. The minimum absolute atomic E-state index is 0.303. The maximum absolute atomic E-state index is 13.7. The van der Waals surface area contributed by atoms with E-state index >= 15 is 0 Å². The Bertz CT molecular complexity index is 540. The highest BCUT2D eigenvalue weighted by molar-refractivity contribution is 5.31. The fourth-order valence-electron chi connectivity index (χ4n) is 2.04. The van der Waals surface area contributed by atoms with Crippen molar-refractivity contribution in [2.24, 2.45) is 0 Å². The molecule has 3 heteroatoms. The topological polar surface area (TPSA) is 29.5 Å². The summed E-state index contributed by atoms with van der Waals surface area (Å²) in [5, 5.41) is 9.92. The highest BCUT2D eigenvalue weighted by Gasteiger charge is 2.13. The zero-order valence-corrected chi connectivity index (χ0v) is 11.6. The monoisotopic (exact) mass is 274 g/mol. The first kappa shape index (κ1) is 14.5. The van der Waals surface area contributed by atoms with Crippen LogP contribution >= 0.6 is 0 Å². The Labute approximate surface area is 118 Å². The summed E-state index contributed by atoms with van der Waals surface area (Å²) >= 11 is 0. The number of hydrogen-bond acceptors (Lipinski definition) is 2. The quantitative estimate of drug-likeness (QED) is 0.853. The molecule has 2 aromatic rings. The molecule has 0 radical (unpaired) electrons. The molecule has 1 atom stereocenters. The summed E-state index contributed by atoms with van der Waals surface area (Å²) in [5.41, 5.74) is 1.35. The zero-order valence-electron chi connectivity index (χ0n) is 11.6. The molecule has 1 N–H and O–H groups in total. The third kappa shape index (κ3) is 3.81. The van der Waals surface area contributed by atoms with Gasteiger partial charge in [0.2, 0.25) is 0 Å². The highest BCUT2D eigenvalue weighted by atomic mass is 19.1. The van der Waals surface area contributed by atoms with E-state index in [0.717, 1.165) is 12.0 Å². The standard InChI is InChI=1S/C17H19FO2/c1-2-6-17(19)15-11-14(9-10-16(15)18)20-12-13-7-4-3-5-8-13/h3-5,7-11,17,19H,2,6,12H2,1H3. The molecule has 1 unspecified atom stereocenters. The summed E-state index contributed by atoms with van der Waals surface area (Å²) < 4.78 is 19.3. The first-order valence-corrected chi connectivity index (χ1v) is 6.85. The lowest BCUT2D eigenvalue weighted by molar-refractivity contribution is 0.161. The van der Waals surface area contributed by atoms with E-state index in [2.05, 4.69) is 0 Å². The molecule has 0 heterocycles. The van der Waals surface area contributed by atoms with E-state index in [-0.39, 0.29) is 0 Å². The van der Waals surface area contributed by atoms with Crippen LogP contribution in [0.1, 0.15) is 37.0 Å². The third-order valence-corrected chi connectivity index (χ3v) is 3.14. The maximum atomic E-state index is 13.7. The first-order chi connectivity index (χ1) is 9.70. The van der Waals surface area contributed by atoms with Crippen molar-refractivity contribution in [3.8, 4) is 5.75 Å². The Balaban J connectivity index is 2.07. The molecule has 2 aromatic carbocycles. The van der Waals surface area contributed by atoms with Crippen molar-refractivity contribution in [1.29, 1.82) is 0 Å². The fraction of sp³-hybridized carbons (Fsp3) is 0.294. The van der Waals surface area contributed by atoms with Crippen molar-refractivity contribution in [2.75, 3.05) is 0 Å². The molecule has 0 saturated heterocycles. The predicted octanol–water partition coefficient (Wildman–Crippen LogP) is 4.24. The summed E-state index contributed by atoms with van der Waals surface area (Å²) in [4.78, 5) is 0. The van der Waals surface area contributed by atoms with Crippen LogP contribution in [-0.2, 0) is 6.61 Å². The second-order valence-corrected chi connectivity index (χ2v) is 4.76. The van der Waals surface area contributed by atoms with Crippen LogP contribution < -0.4 is 4.74 Å². The first-order valence-electron chi connectivity index (χ1n) is 6.85. The van der Waals surface area contributed by atoms with Gasteiger partial charge >= 0.3 is 0 Å². The minimum atomic E-state index is -0.778. The second kappa shape index (κ2) is 7.06. The van der Waals surface area contributed by atoms with Crippen LogP contribution in [-0.4, -0.2) is 5.11 Å². The van der Waals surface area contributed by atoms with Crippen molar-refractivity contribution >= 4 is 0 Å². The van der Waals surface area contributed by atoms with Gasteiger partial charge in [-0.1, -0.05) is 43.7 Å². The van der Waals surface area contributed by atoms with E-state index in [0.29, 0.717) is 24.3 Å². The fourth-order valence-corrected chi connectivity index (χ4v) is 2.04. The Morgan fingerprint density at radius 3 is 2.60 bits per heavy atom. The molecule has 0 aliphatic carbocycles. The van der Waals surface area contributed by atoms with Crippen LogP contribution in [0.4, 0.5) is 4.39 Å². The number of aliphatic hydroxyl groups is 1. The number of aliphatic hydroxyl groups excluding tert-OH is 1. The van der Waals surface area contributed by atoms with Gasteiger partial charge in [-0.05, 0) is 30.2 Å². The van der Waals surface area contributed by atoms with Gasteiger partial charge in [0.1, 0.15) is 18.2 Å². The molecule has 0 aromatic heterocycles. The van der Waals surface area contributed by atoms with Gasteiger partial charge in [0.15, 0.2) is 0 Å². The molecule has 0 aliphatic heterocycles. The van der Waals surface area contributed by atoms with Crippen molar-refractivity contribution in [3.63, 3.8) is 0 Å². The van der Waals surface area contributed by atoms with Crippen LogP contribution in [0.5, 0.6) is 5.75 Å². The summed E-state index contributed by atoms with van der Waals surface area (Å²) in [5.74, 6) is 0.179. The second-order valence-electron chi connectivity index (χ2n) is 4.76. The number of halogens is 1. The summed E-state index contributed by atoms with van der Waals surface area (Å²) in [7, 11) is 0. The molecule has 20 heavy (non-hydrogen) atoms. The van der Waals surface area contributed by atoms with Gasteiger partial charge in [-0.2, -0.15) is 0 Å². The molecule has 0 amide bonds. The summed E-state index contributed by atoms with van der Waals surface area (Å²) in [6.07, 6.45) is 0.565. The predicted molar refractivity (Wildman–Crippen MR) is 77.0 cm³/mol. The van der Waals surface area contributed by atoms with Crippen LogP contribution in [0.2, 0.25) is 0 Å². The van der Waals surface area contributed by atoms with Crippen LogP contribution in [0.25, 0.3) is 0 Å². The third-order valence-electron chi connectivity index (χ3n) is 3.14. The van der Waals surface area contributed by atoms with E-state index in [1.807, 2.05) is 37.3 Å². The van der Waals surface area contributed by atoms with Crippen molar-refractivity contribution in [2.45, 2.75) is 32.5 Å². The Morgan fingerprint density at radius 1 is 1.15 bits per heavy atom. The lowest BCUT2D eigenvalue weighted by Crippen LogP contribution is -2.02. The zero-order chi connectivity index (χ0) is 14.4. The van der Waals surface area contributed by atoms with Gasteiger partial charge in [0.05, 0.1) is 6.10 Å². The minimum Gasteiger partial charge on any atom is -0.489 e. The van der Waals surface area contributed by atoms with Crippen LogP contribution in [0, 0.1) is 5.82 Å². The lowest BCUT2D eigenvalue weighted by Gasteiger charge is -2.13. The Hall–Kier alpha value is -1.87. The largest absolute Gasteiger partial charge is 0.489 e.